The molecule has 0 unspecified atom stereocenters. The molecule has 2 rings (SSSR count). The standard InChI is InChI=1S/C11H12N6/c1-17-11(13)8(6-16-17)5-14-10-3-2-9(4-12)15-7-10/h2-3,6-7,14H,5,13H2,1H3. The first-order valence-corrected chi connectivity index (χ1v) is 5.07. The van der Waals surface area contributed by atoms with E-state index in [4.69, 9.17) is 11.0 Å². The van der Waals surface area contributed by atoms with Crippen LogP contribution in [-0.4, -0.2) is 14.8 Å². The maximum Gasteiger partial charge on any atom is 0.140 e. The number of nitrogens with one attached hydrogen (secondary N) is 1. The van der Waals surface area contributed by atoms with E-state index in [1.54, 1.807) is 36.3 Å². The van der Waals surface area contributed by atoms with Crippen molar-refractivity contribution in [3.05, 3.63) is 35.8 Å². The van der Waals surface area contributed by atoms with Crippen molar-refractivity contribution in [2.45, 2.75) is 6.54 Å². The molecule has 17 heavy (non-hydrogen) atoms. The first kappa shape index (κ1) is 11.0. The van der Waals surface area contributed by atoms with Crippen LogP contribution in [0.5, 0.6) is 0 Å². The summed E-state index contributed by atoms with van der Waals surface area (Å²) in [6.07, 6.45) is 3.34. The van der Waals surface area contributed by atoms with Crippen LogP contribution in [0.3, 0.4) is 0 Å². The molecule has 0 aliphatic heterocycles. The maximum atomic E-state index is 8.62. The molecule has 0 radical (unpaired) electrons. The second-order valence-corrected chi connectivity index (χ2v) is 3.58. The van der Waals surface area contributed by atoms with Gasteiger partial charge in [0.15, 0.2) is 0 Å². The zero-order valence-electron chi connectivity index (χ0n) is 9.38. The Morgan fingerprint density at radius 1 is 1.47 bits per heavy atom. The van der Waals surface area contributed by atoms with Crippen LogP contribution in [-0.2, 0) is 13.6 Å². The predicted octanol–water partition coefficient (Wildman–Crippen LogP) is 0.881. The summed E-state index contributed by atoms with van der Waals surface area (Å²) in [4.78, 5) is 3.96. The van der Waals surface area contributed by atoms with E-state index in [9.17, 15) is 0 Å². The van der Waals surface area contributed by atoms with Gasteiger partial charge in [-0.3, -0.25) is 4.68 Å². The van der Waals surface area contributed by atoms with Crippen LogP contribution in [0.15, 0.2) is 24.5 Å². The third-order valence-electron chi connectivity index (χ3n) is 2.43. The summed E-state index contributed by atoms with van der Waals surface area (Å²) in [6, 6.07) is 5.43. The third-order valence-corrected chi connectivity index (χ3v) is 2.43. The second-order valence-electron chi connectivity index (χ2n) is 3.58. The van der Waals surface area contributed by atoms with Crippen molar-refractivity contribution in [2.75, 3.05) is 11.1 Å². The molecule has 0 saturated carbocycles. The fourth-order valence-electron chi connectivity index (χ4n) is 1.39. The van der Waals surface area contributed by atoms with Crippen LogP contribution >= 0.6 is 0 Å². The van der Waals surface area contributed by atoms with E-state index in [0.29, 0.717) is 18.1 Å². The van der Waals surface area contributed by atoms with E-state index < -0.39 is 0 Å². The van der Waals surface area contributed by atoms with Gasteiger partial charge < -0.3 is 11.1 Å². The van der Waals surface area contributed by atoms with Gasteiger partial charge in [-0.2, -0.15) is 10.4 Å². The van der Waals surface area contributed by atoms with Crippen molar-refractivity contribution in [3.63, 3.8) is 0 Å². The Balaban J connectivity index is 2.03. The van der Waals surface area contributed by atoms with Gasteiger partial charge in [-0.25, -0.2) is 4.98 Å². The smallest absolute Gasteiger partial charge is 0.140 e. The lowest BCUT2D eigenvalue weighted by Gasteiger charge is -2.05. The number of anilines is 2. The van der Waals surface area contributed by atoms with Gasteiger partial charge in [-0.15, -0.1) is 0 Å². The number of nitrogens with zero attached hydrogens (tertiary/aromatic N) is 4. The molecule has 0 aliphatic carbocycles. The highest BCUT2D eigenvalue weighted by atomic mass is 15.3. The quantitative estimate of drug-likeness (QED) is 0.813. The molecule has 0 bridgehead atoms. The molecular weight excluding hydrogens is 216 g/mol. The largest absolute Gasteiger partial charge is 0.384 e. The van der Waals surface area contributed by atoms with E-state index >= 15 is 0 Å². The minimum Gasteiger partial charge on any atom is -0.384 e. The number of nitrogen functional groups attached to an aromatic ring is 1. The third kappa shape index (κ3) is 2.34. The minimum atomic E-state index is 0.399. The van der Waals surface area contributed by atoms with Crippen molar-refractivity contribution in [3.8, 4) is 6.07 Å². The number of aryl methyl sites for hydroxylation is 1. The Bertz CT molecular complexity index is 548. The van der Waals surface area contributed by atoms with Crippen LogP contribution in [0.1, 0.15) is 11.3 Å². The van der Waals surface area contributed by atoms with Gasteiger partial charge in [0.1, 0.15) is 17.6 Å². The van der Waals surface area contributed by atoms with Gasteiger partial charge in [-0.05, 0) is 12.1 Å². The van der Waals surface area contributed by atoms with E-state index in [-0.39, 0.29) is 0 Å². The van der Waals surface area contributed by atoms with Crippen molar-refractivity contribution < 1.29 is 0 Å². The first-order chi connectivity index (χ1) is 8.20. The van der Waals surface area contributed by atoms with Gasteiger partial charge in [0.25, 0.3) is 0 Å². The lowest BCUT2D eigenvalue weighted by Crippen LogP contribution is -2.04. The molecule has 2 aromatic heterocycles. The summed E-state index contributed by atoms with van der Waals surface area (Å²) in [6.45, 7) is 0.577. The molecule has 0 saturated heterocycles. The summed E-state index contributed by atoms with van der Waals surface area (Å²) in [5, 5.41) is 15.8. The molecule has 2 aromatic rings. The second kappa shape index (κ2) is 4.53. The average Bonchev–Trinajstić information content (AvgIpc) is 2.68. The molecule has 0 atom stereocenters. The molecule has 0 aliphatic rings. The van der Waals surface area contributed by atoms with Gasteiger partial charge >= 0.3 is 0 Å². The molecular formula is C11H12N6. The van der Waals surface area contributed by atoms with Crippen molar-refractivity contribution in [1.29, 1.82) is 5.26 Å². The summed E-state index contributed by atoms with van der Waals surface area (Å²) in [5.74, 6) is 0.638. The van der Waals surface area contributed by atoms with Gasteiger partial charge in [0.2, 0.25) is 0 Å². The molecule has 6 heteroatoms. The predicted molar refractivity (Wildman–Crippen MR) is 63.9 cm³/mol. The Kier molecular flexibility index (Phi) is 2.92. The maximum absolute atomic E-state index is 8.62. The monoisotopic (exact) mass is 228 g/mol. The molecule has 0 fully saturated rings. The van der Waals surface area contributed by atoms with Gasteiger partial charge in [0, 0.05) is 19.2 Å². The fraction of sp³-hybridized carbons (Fsp3) is 0.182. The van der Waals surface area contributed by atoms with Gasteiger partial charge in [-0.1, -0.05) is 0 Å². The van der Waals surface area contributed by atoms with E-state index in [1.807, 2.05) is 6.07 Å². The Labute approximate surface area is 98.7 Å². The summed E-state index contributed by atoms with van der Waals surface area (Å²) >= 11 is 0. The normalized spacial score (nSPS) is 9.88. The Hall–Kier alpha value is -2.55. The Morgan fingerprint density at radius 3 is 2.82 bits per heavy atom. The van der Waals surface area contributed by atoms with Crippen molar-refractivity contribution in [1.82, 2.24) is 14.8 Å². The van der Waals surface area contributed by atoms with E-state index in [1.165, 1.54) is 0 Å². The Morgan fingerprint density at radius 2 is 2.29 bits per heavy atom. The lowest BCUT2D eigenvalue weighted by molar-refractivity contribution is 0.778. The number of hydrogen-bond donors (Lipinski definition) is 2. The van der Waals surface area contributed by atoms with E-state index in [0.717, 1.165) is 11.3 Å². The van der Waals surface area contributed by atoms with Crippen molar-refractivity contribution >= 4 is 11.5 Å². The molecule has 0 spiro atoms. The fourth-order valence-corrected chi connectivity index (χ4v) is 1.39. The van der Waals surface area contributed by atoms with Crippen LogP contribution in [0.2, 0.25) is 0 Å². The number of hydrogen-bond acceptors (Lipinski definition) is 5. The zero-order valence-corrected chi connectivity index (χ0v) is 9.38. The molecule has 0 aromatic carbocycles. The highest BCUT2D eigenvalue weighted by Gasteiger charge is 2.04. The average molecular weight is 228 g/mol. The van der Waals surface area contributed by atoms with Crippen LogP contribution in [0, 0.1) is 11.3 Å². The number of aromatic nitrogens is 3. The molecule has 3 N–H and O–H groups in total. The van der Waals surface area contributed by atoms with Crippen LogP contribution in [0.4, 0.5) is 11.5 Å². The van der Waals surface area contributed by atoms with Crippen LogP contribution in [0.25, 0.3) is 0 Å². The molecule has 0 amide bonds. The van der Waals surface area contributed by atoms with Crippen molar-refractivity contribution in [2.24, 2.45) is 7.05 Å². The number of nitriles is 1. The summed E-state index contributed by atoms with van der Waals surface area (Å²) in [7, 11) is 1.79. The molecule has 6 nitrogen and oxygen atoms in total. The highest BCUT2D eigenvalue weighted by molar-refractivity contribution is 5.46. The molecule has 86 valence electrons. The summed E-state index contributed by atoms with van der Waals surface area (Å²) in [5.41, 5.74) is 7.98. The molecule has 2 heterocycles. The number of rotatable bonds is 3. The topological polar surface area (TPSA) is 92.5 Å². The summed E-state index contributed by atoms with van der Waals surface area (Å²) < 4.78 is 1.62. The lowest BCUT2D eigenvalue weighted by atomic mass is 10.3. The number of nitrogens with two attached hydrogens (primary N) is 1. The number of pyridine rings is 1. The highest BCUT2D eigenvalue weighted by Crippen LogP contribution is 2.12. The van der Waals surface area contributed by atoms with E-state index in [2.05, 4.69) is 15.4 Å². The van der Waals surface area contributed by atoms with Gasteiger partial charge in [0.05, 0.1) is 18.1 Å². The zero-order chi connectivity index (χ0) is 12.3. The minimum absolute atomic E-state index is 0.399. The van der Waals surface area contributed by atoms with Crippen LogP contribution < -0.4 is 11.1 Å². The SMILES string of the molecule is Cn1ncc(CNc2ccc(C#N)nc2)c1N. The first-order valence-electron chi connectivity index (χ1n) is 5.07.